The van der Waals surface area contributed by atoms with E-state index in [1.807, 2.05) is 0 Å². The van der Waals surface area contributed by atoms with Crippen molar-refractivity contribution in [3.05, 3.63) is 29.8 Å². The zero-order chi connectivity index (χ0) is 13.0. The highest BCUT2D eigenvalue weighted by Gasteiger charge is 2.42. The third-order valence-electron chi connectivity index (χ3n) is 3.85. The van der Waals surface area contributed by atoms with Gasteiger partial charge >= 0.3 is 0 Å². The maximum atomic E-state index is 13.4. The Labute approximate surface area is 108 Å². The molecule has 0 amide bonds. The molecule has 1 heterocycles. The number of nitrogens with zero attached hydrogens (tertiary/aromatic N) is 1. The van der Waals surface area contributed by atoms with Crippen molar-refractivity contribution in [2.45, 2.75) is 44.2 Å². The van der Waals surface area contributed by atoms with Gasteiger partial charge in [-0.15, -0.1) is 0 Å². The molecule has 1 aromatic rings. The van der Waals surface area contributed by atoms with Crippen LogP contribution in [0, 0.1) is 5.82 Å². The van der Waals surface area contributed by atoms with Crippen LogP contribution in [-0.4, -0.2) is 24.2 Å². The second kappa shape index (κ2) is 5.76. The summed E-state index contributed by atoms with van der Waals surface area (Å²) in [5, 5.41) is 3.43. The van der Waals surface area contributed by atoms with Gasteiger partial charge in [0.05, 0.1) is 17.8 Å². The molecular weight excluding hydrogens is 231 g/mol. The smallest absolute Gasteiger partial charge is 0.141 e. The summed E-state index contributed by atoms with van der Waals surface area (Å²) in [6.45, 7) is 2.88. The van der Waals surface area contributed by atoms with Gasteiger partial charge in [-0.05, 0) is 31.0 Å². The molecule has 18 heavy (non-hydrogen) atoms. The largest absolute Gasteiger partial charge is 0.376 e. The van der Waals surface area contributed by atoms with Crippen LogP contribution in [0.15, 0.2) is 18.5 Å². The van der Waals surface area contributed by atoms with Gasteiger partial charge in [0.15, 0.2) is 0 Å². The summed E-state index contributed by atoms with van der Waals surface area (Å²) in [5.74, 6) is -0.292. The van der Waals surface area contributed by atoms with E-state index in [9.17, 15) is 4.39 Å². The first-order chi connectivity index (χ1) is 8.72. The van der Waals surface area contributed by atoms with E-state index in [2.05, 4.69) is 17.2 Å². The van der Waals surface area contributed by atoms with Gasteiger partial charge in [-0.25, -0.2) is 4.39 Å². The van der Waals surface area contributed by atoms with E-state index in [-0.39, 0.29) is 17.5 Å². The van der Waals surface area contributed by atoms with Crippen LogP contribution in [0.25, 0.3) is 0 Å². The number of hydrogen-bond acceptors (Lipinski definition) is 3. The topological polar surface area (TPSA) is 34.2 Å². The van der Waals surface area contributed by atoms with Crippen LogP contribution in [0.2, 0.25) is 0 Å². The summed E-state index contributed by atoms with van der Waals surface area (Å²) < 4.78 is 19.1. The van der Waals surface area contributed by atoms with Crippen molar-refractivity contribution in [3.63, 3.8) is 0 Å². The first-order valence-corrected chi connectivity index (χ1v) is 6.61. The van der Waals surface area contributed by atoms with E-state index in [1.54, 1.807) is 19.4 Å². The van der Waals surface area contributed by atoms with Crippen molar-refractivity contribution >= 4 is 0 Å². The highest BCUT2D eigenvalue weighted by Crippen LogP contribution is 2.42. The molecule has 1 N–H and O–H groups in total. The summed E-state index contributed by atoms with van der Waals surface area (Å²) in [6.07, 6.45) is 7.32. The van der Waals surface area contributed by atoms with Crippen LogP contribution in [0.3, 0.4) is 0 Å². The molecule has 1 unspecified atom stereocenters. The molecule has 2 rings (SSSR count). The van der Waals surface area contributed by atoms with Crippen LogP contribution < -0.4 is 5.32 Å². The van der Waals surface area contributed by atoms with Crippen molar-refractivity contribution in [2.75, 3.05) is 13.7 Å². The molecule has 1 aliphatic carbocycles. The number of aromatic nitrogens is 1. The minimum Gasteiger partial charge on any atom is -0.376 e. The lowest BCUT2D eigenvalue weighted by atomic mass is 9.87. The van der Waals surface area contributed by atoms with E-state index in [0.717, 1.165) is 24.9 Å². The lowest BCUT2D eigenvalue weighted by Gasteiger charge is -2.37. The molecule has 1 saturated carbocycles. The van der Waals surface area contributed by atoms with Gasteiger partial charge in [-0.3, -0.25) is 4.98 Å². The molecule has 0 radical (unpaired) electrons. The number of likely N-dealkylation sites (N-methyl/N-ethyl adjacent to an activating group) is 1. The van der Waals surface area contributed by atoms with E-state index in [1.165, 1.54) is 19.0 Å². The quantitative estimate of drug-likeness (QED) is 0.875. The van der Waals surface area contributed by atoms with Gasteiger partial charge in [-0.2, -0.15) is 0 Å². The van der Waals surface area contributed by atoms with Crippen LogP contribution in [0.1, 0.15) is 44.2 Å². The van der Waals surface area contributed by atoms with Crippen molar-refractivity contribution in [1.82, 2.24) is 10.3 Å². The molecular formula is C14H21FN2O. The molecule has 100 valence electrons. The van der Waals surface area contributed by atoms with Crippen molar-refractivity contribution in [1.29, 1.82) is 0 Å². The maximum absolute atomic E-state index is 13.4. The average molecular weight is 252 g/mol. The van der Waals surface area contributed by atoms with Crippen molar-refractivity contribution < 1.29 is 9.13 Å². The summed E-state index contributed by atoms with van der Waals surface area (Å²) in [6, 6.07) is 1.57. The summed E-state index contributed by atoms with van der Waals surface area (Å²) in [7, 11) is 1.75. The number of rotatable bonds is 5. The van der Waals surface area contributed by atoms with Gasteiger partial charge in [0, 0.05) is 13.3 Å². The Kier molecular flexibility index (Phi) is 4.30. The number of methoxy groups -OCH3 is 1. The predicted octanol–water partition coefficient (Wildman–Crippen LogP) is 2.83. The zero-order valence-electron chi connectivity index (χ0n) is 11.1. The first kappa shape index (κ1) is 13.4. The number of hydrogen-bond donors (Lipinski definition) is 1. The Morgan fingerprint density at radius 1 is 1.44 bits per heavy atom. The van der Waals surface area contributed by atoms with Crippen molar-refractivity contribution in [3.8, 4) is 0 Å². The number of nitrogens with one attached hydrogen (secondary N) is 1. The molecule has 1 aromatic heterocycles. The molecule has 0 saturated heterocycles. The highest BCUT2D eigenvalue weighted by molar-refractivity contribution is 5.20. The second-order valence-electron chi connectivity index (χ2n) is 4.90. The van der Waals surface area contributed by atoms with E-state index in [4.69, 9.17) is 4.74 Å². The zero-order valence-corrected chi connectivity index (χ0v) is 11.1. The number of ether oxygens (including phenoxy) is 1. The van der Waals surface area contributed by atoms with E-state index < -0.39 is 0 Å². The SMILES string of the molecule is CCNC(c1cncc(F)c1)C1(OC)CCCC1. The third-order valence-corrected chi connectivity index (χ3v) is 3.85. The number of pyridine rings is 1. The maximum Gasteiger partial charge on any atom is 0.141 e. The second-order valence-corrected chi connectivity index (χ2v) is 4.90. The molecule has 0 aliphatic heterocycles. The van der Waals surface area contributed by atoms with Crippen molar-refractivity contribution in [2.24, 2.45) is 0 Å². The number of halogens is 1. The fraction of sp³-hybridized carbons (Fsp3) is 0.643. The molecule has 0 bridgehead atoms. The Morgan fingerprint density at radius 2 is 2.17 bits per heavy atom. The Hall–Kier alpha value is -1.00. The van der Waals surface area contributed by atoms with Crippen LogP contribution >= 0.6 is 0 Å². The predicted molar refractivity (Wildman–Crippen MR) is 68.8 cm³/mol. The standard InChI is InChI=1S/C14H21FN2O/c1-3-17-13(11-8-12(15)10-16-9-11)14(18-2)6-4-5-7-14/h8-10,13,17H,3-7H2,1-2H3. The minimum atomic E-state index is -0.292. The summed E-state index contributed by atoms with van der Waals surface area (Å²) in [5.41, 5.74) is 0.659. The summed E-state index contributed by atoms with van der Waals surface area (Å²) >= 11 is 0. The normalized spacial score (nSPS) is 19.9. The molecule has 4 heteroatoms. The average Bonchev–Trinajstić information content (AvgIpc) is 2.85. The Bertz CT molecular complexity index is 391. The fourth-order valence-electron chi connectivity index (χ4n) is 2.98. The minimum absolute atomic E-state index is 0.0122. The Balaban J connectivity index is 2.32. The molecule has 3 nitrogen and oxygen atoms in total. The van der Waals surface area contributed by atoms with Crippen LogP contribution in [0.5, 0.6) is 0 Å². The van der Waals surface area contributed by atoms with Gasteiger partial charge in [0.2, 0.25) is 0 Å². The van der Waals surface area contributed by atoms with Crippen LogP contribution in [-0.2, 0) is 4.74 Å². The molecule has 1 atom stereocenters. The van der Waals surface area contributed by atoms with Gasteiger partial charge < -0.3 is 10.1 Å². The highest BCUT2D eigenvalue weighted by atomic mass is 19.1. The molecule has 1 fully saturated rings. The van der Waals surface area contributed by atoms with Crippen LogP contribution in [0.4, 0.5) is 4.39 Å². The van der Waals surface area contributed by atoms with Gasteiger partial charge in [-0.1, -0.05) is 19.8 Å². The Morgan fingerprint density at radius 3 is 2.72 bits per heavy atom. The van der Waals surface area contributed by atoms with E-state index in [0.29, 0.717) is 0 Å². The lowest BCUT2D eigenvalue weighted by Crippen LogP contribution is -2.43. The third kappa shape index (κ3) is 2.54. The van der Waals surface area contributed by atoms with E-state index >= 15 is 0 Å². The molecule has 0 aromatic carbocycles. The monoisotopic (exact) mass is 252 g/mol. The summed E-state index contributed by atoms with van der Waals surface area (Å²) in [4.78, 5) is 3.95. The molecule has 1 aliphatic rings. The first-order valence-electron chi connectivity index (χ1n) is 6.61. The van der Waals surface area contributed by atoms with Gasteiger partial charge in [0.25, 0.3) is 0 Å². The lowest BCUT2D eigenvalue weighted by molar-refractivity contribution is -0.0365. The molecule has 0 spiro atoms. The van der Waals surface area contributed by atoms with Gasteiger partial charge in [0.1, 0.15) is 5.82 Å². The fourth-order valence-corrected chi connectivity index (χ4v) is 2.98.